The van der Waals surface area contributed by atoms with Crippen molar-refractivity contribution in [1.82, 2.24) is 15.3 Å². The monoisotopic (exact) mass is 379 g/mol. The van der Waals surface area contributed by atoms with E-state index in [4.69, 9.17) is 9.97 Å². The molecule has 3 rings (SSSR count). The second kappa shape index (κ2) is 9.01. The van der Waals surface area contributed by atoms with Gasteiger partial charge in [-0.25, -0.2) is 9.97 Å². The van der Waals surface area contributed by atoms with Gasteiger partial charge in [0, 0.05) is 19.6 Å². The molecule has 6 heteroatoms. The predicted molar refractivity (Wildman–Crippen MR) is 111 cm³/mol. The molecule has 148 valence electrons. The lowest BCUT2D eigenvalue weighted by Gasteiger charge is -2.36. The van der Waals surface area contributed by atoms with E-state index in [9.17, 15) is 10.1 Å². The van der Waals surface area contributed by atoms with E-state index < -0.39 is 5.92 Å². The van der Waals surface area contributed by atoms with Gasteiger partial charge in [-0.3, -0.25) is 4.79 Å². The van der Waals surface area contributed by atoms with Crippen molar-refractivity contribution >= 4 is 22.8 Å². The number of hydrogen-bond acceptors (Lipinski definition) is 5. The van der Waals surface area contributed by atoms with E-state index in [1.165, 1.54) is 6.42 Å². The number of aromatic nitrogens is 2. The number of amides is 1. The Labute approximate surface area is 167 Å². The molecular formula is C22H29N5O. The Balaban J connectivity index is 2.03. The van der Waals surface area contributed by atoms with Gasteiger partial charge in [0.25, 0.3) is 0 Å². The Morgan fingerprint density at radius 1 is 1.25 bits per heavy atom. The number of para-hydroxylation sites is 2. The van der Waals surface area contributed by atoms with Crippen LogP contribution in [-0.4, -0.2) is 35.5 Å². The molecule has 28 heavy (non-hydrogen) atoms. The van der Waals surface area contributed by atoms with Gasteiger partial charge in [0.05, 0.1) is 17.1 Å². The zero-order chi connectivity index (χ0) is 20.1. The zero-order valence-corrected chi connectivity index (χ0v) is 17.0. The molecule has 0 aliphatic carbocycles. The minimum Gasteiger partial charge on any atom is -0.355 e. The van der Waals surface area contributed by atoms with E-state index in [2.05, 4.69) is 37.1 Å². The first-order chi connectivity index (χ1) is 13.5. The minimum absolute atomic E-state index is 0.292. The van der Waals surface area contributed by atoms with E-state index in [0.29, 0.717) is 35.4 Å². The Hall–Kier alpha value is -2.68. The smallest absolute Gasteiger partial charge is 0.243 e. The molecule has 1 fully saturated rings. The minimum atomic E-state index is -0.962. The molecule has 1 aromatic heterocycles. The summed E-state index contributed by atoms with van der Waals surface area (Å²) in [5.74, 6) is 0.484. The highest BCUT2D eigenvalue weighted by Gasteiger charge is 2.31. The highest BCUT2D eigenvalue weighted by atomic mass is 16.1. The third-order valence-corrected chi connectivity index (χ3v) is 5.24. The second-order valence-electron chi connectivity index (χ2n) is 7.98. The lowest BCUT2D eigenvalue weighted by Crippen LogP contribution is -2.40. The van der Waals surface area contributed by atoms with E-state index in [-0.39, 0.29) is 5.91 Å². The maximum absolute atomic E-state index is 12.7. The Bertz CT molecular complexity index is 865. The van der Waals surface area contributed by atoms with Crippen molar-refractivity contribution in [2.45, 2.75) is 46.0 Å². The number of unbranched alkanes of at least 4 members (excludes halogenated alkanes) is 1. The summed E-state index contributed by atoms with van der Waals surface area (Å²) in [7, 11) is 0. The fourth-order valence-electron chi connectivity index (χ4n) is 4.00. The van der Waals surface area contributed by atoms with E-state index in [1.807, 2.05) is 24.3 Å². The van der Waals surface area contributed by atoms with Crippen LogP contribution in [0.5, 0.6) is 0 Å². The van der Waals surface area contributed by atoms with E-state index in [0.717, 1.165) is 31.4 Å². The van der Waals surface area contributed by atoms with Crippen molar-refractivity contribution in [1.29, 1.82) is 5.26 Å². The standard InChI is InChI=1S/C22H29N5O/c1-4-5-10-24-22(28)17(12-23)20-21(27-13-15(2)11-16(3)14-27)26-19-9-7-6-8-18(19)25-20/h6-9,15-17H,4-5,10-11,13-14H2,1-3H3,(H,24,28). The number of nitriles is 1. The molecule has 1 N–H and O–H groups in total. The first kappa shape index (κ1) is 20.1. The molecule has 0 spiro atoms. The van der Waals surface area contributed by atoms with Crippen LogP contribution in [0.3, 0.4) is 0 Å². The molecule has 3 atom stereocenters. The van der Waals surface area contributed by atoms with Gasteiger partial charge in [0.15, 0.2) is 11.7 Å². The molecule has 1 saturated heterocycles. The van der Waals surface area contributed by atoms with Crippen LogP contribution in [0.1, 0.15) is 51.6 Å². The summed E-state index contributed by atoms with van der Waals surface area (Å²) in [5.41, 5.74) is 1.97. The normalized spacial score (nSPS) is 20.6. The third kappa shape index (κ3) is 4.41. The van der Waals surface area contributed by atoms with Crippen molar-refractivity contribution in [2.75, 3.05) is 24.5 Å². The number of benzene rings is 1. The number of piperidine rings is 1. The van der Waals surface area contributed by atoms with Gasteiger partial charge in [-0.15, -0.1) is 0 Å². The summed E-state index contributed by atoms with van der Waals surface area (Å²) in [6.45, 7) is 8.83. The Morgan fingerprint density at radius 3 is 2.50 bits per heavy atom. The Kier molecular flexibility index (Phi) is 6.45. The van der Waals surface area contributed by atoms with Crippen molar-refractivity contribution in [3.63, 3.8) is 0 Å². The highest BCUT2D eigenvalue weighted by Crippen LogP contribution is 2.31. The van der Waals surface area contributed by atoms with Crippen LogP contribution in [-0.2, 0) is 4.79 Å². The molecule has 1 aromatic carbocycles. The molecule has 1 aliphatic rings. The van der Waals surface area contributed by atoms with Gasteiger partial charge in [-0.2, -0.15) is 5.26 Å². The van der Waals surface area contributed by atoms with Gasteiger partial charge in [-0.05, 0) is 36.8 Å². The lowest BCUT2D eigenvalue weighted by atomic mass is 9.91. The largest absolute Gasteiger partial charge is 0.355 e. The van der Waals surface area contributed by atoms with Crippen LogP contribution in [0.4, 0.5) is 5.82 Å². The molecular weight excluding hydrogens is 350 g/mol. The summed E-state index contributed by atoms with van der Waals surface area (Å²) < 4.78 is 0. The van der Waals surface area contributed by atoms with Gasteiger partial charge >= 0.3 is 0 Å². The van der Waals surface area contributed by atoms with Crippen LogP contribution in [0.2, 0.25) is 0 Å². The summed E-state index contributed by atoms with van der Waals surface area (Å²) >= 11 is 0. The molecule has 0 radical (unpaired) electrons. The summed E-state index contributed by atoms with van der Waals surface area (Å²) in [4.78, 5) is 24.5. The molecule has 1 aliphatic heterocycles. The van der Waals surface area contributed by atoms with Crippen LogP contribution in [0.15, 0.2) is 24.3 Å². The van der Waals surface area contributed by atoms with E-state index in [1.54, 1.807) is 0 Å². The third-order valence-electron chi connectivity index (χ3n) is 5.24. The van der Waals surface area contributed by atoms with Crippen LogP contribution < -0.4 is 10.2 Å². The maximum Gasteiger partial charge on any atom is 0.243 e. The van der Waals surface area contributed by atoms with Crippen molar-refractivity contribution < 1.29 is 4.79 Å². The van der Waals surface area contributed by atoms with Gasteiger partial charge in [-0.1, -0.05) is 39.3 Å². The molecule has 0 bridgehead atoms. The van der Waals surface area contributed by atoms with Gasteiger partial charge < -0.3 is 10.2 Å². The number of nitrogens with zero attached hydrogens (tertiary/aromatic N) is 4. The average Bonchev–Trinajstić information content (AvgIpc) is 2.67. The average molecular weight is 380 g/mol. The first-order valence-corrected chi connectivity index (χ1v) is 10.2. The Morgan fingerprint density at radius 2 is 1.89 bits per heavy atom. The molecule has 0 saturated carbocycles. The van der Waals surface area contributed by atoms with Crippen LogP contribution in [0, 0.1) is 23.2 Å². The number of carbonyl (C=O) groups is 1. The predicted octanol–water partition coefficient (Wildman–Crippen LogP) is 3.64. The quantitative estimate of drug-likeness (QED) is 0.775. The summed E-state index contributed by atoms with van der Waals surface area (Å²) in [5, 5.41) is 12.7. The lowest BCUT2D eigenvalue weighted by molar-refractivity contribution is -0.121. The zero-order valence-electron chi connectivity index (χ0n) is 17.0. The molecule has 2 aromatic rings. The summed E-state index contributed by atoms with van der Waals surface area (Å²) in [6.07, 6.45) is 3.05. The van der Waals surface area contributed by atoms with Crippen LogP contribution >= 0.6 is 0 Å². The van der Waals surface area contributed by atoms with Crippen LogP contribution in [0.25, 0.3) is 11.0 Å². The molecule has 1 amide bonds. The second-order valence-corrected chi connectivity index (χ2v) is 7.98. The molecule has 2 heterocycles. The number of rotatable bonds is 6. The van der Waals surface area contributed by atoms with Crippen molar-refractivity contribution in [3.8, 4) is 6.07 Å². The topological polar surface area (TPSA) is 81.9 Å². The number of hydrogen-bond donors (Lipinski definition) is 1. The molecule has 6 nitrogen and oxygen atoms in total. The fraction of sp³-hybridized carbons (Fsp3) is 0.545. The number of nitrogens with one attached hydrogen (secondary N) is 1. The van der Waals surface area contributed by atoms with Gasteiger partial charge in [0.2, 0.25) is 5.91 Å². The highest BCUT2D eigenvalue weighted by molar-refractivity contribution is 5.88. The van der Waals surface area contributed by atoms with Crippen molar-refractivity contribution in [3.05, 3.63) is 30.0 Å². The number of carbonyl (C=O) groups excluding carboxylic acids is 1. The number of fused-ring (bicyclic) bond motifs is 1. The van der Waals surface area contributed by atoms with Gasteiger partial charge in [0.1, 0.15) is 5.69 Å². The van der Waals surface area contributed by atoms with Crippen molar-refractivity contribution in [2.24, 2.45) is 11.8 Å². The summed E-state index contributed by atoms with van der Waals surface area (Å²) in [6, 6.07) is 9.80. The number of anilines is 1. The van der Waals surface area contributed by atoms with E-state index >= 15 is 0 Å². The first-order valence-electron chi connectivity index (χ1n) is 10.2. The molecule has 3 unspecified atom stereocenters. The fourth-order valence-corrected chi connectivity index (χ4v) is 4.00. The maximum atomic E-state index is 12.7. The SMILES string of the molecule is CCCCNC(=O)C(C#N)c1nc2ccccc2nc1N1CC(C)CC(C)C1.